The Bertz CT molecular complexity index is 531. The maximum absolute atomic E-state index is 13.3. The Morgan fingerprint density at radius 2 is 1.78 bits per heavy atom. The number of alkyl halides is 3. The molecule has 1 rings (SSSR count). The normalized spacial score (nSPS) is 14.1. The van der Waals surface area contributed by atoms with Gasteiger partial charge in [-0.1, -0.05) is 37.3 Å². The summed E-state index contributed by atoms with van der Waals surface area (Å²) in [5.41, 5.74) is -0.00669. The molecule has 0 radical (unpaired) electrons. The van der Waals surface area contributed by atoms with Gasteiger partial charge in [0.1, 0.15) is 6.54 Å². The van der Waals surface area contributed by atoms with E-state index in [0.29, 0.717) is 6.42 Å². The Hall–Kier alpha value is -2.05. The van der Waals surface area contributed by atoms with E-state index in [1.54, 1.807) is 19.9 Å². The minimum absolute atomic E-state index is 0.00669. The van der Waals surface area contributed by atoms with Crippen molar-refractivity contribution in [1.82, 2.24) is 4.90 Å². The molecule has 128 valence electrons. The predicted molar refractivity (Wildman–Crippen MR) is 79.0 cm³/mol. The summed E-state index contributed by atoms with van der Waals surface area (Å²) in [6, 6.07) is 6.73. The molecule has 1 aromatic rings. The van der Waals surface area contributed by atoms with E-state index in [-0.39, 0.29) is 5.56 Å². The largest absolute Gasteiger partial charge is 0.480 e. The molecule has 0 saturated carbocycles. The fraction of sp³-hybridized carbons (Fsp3) is 0.500. The number of halogens is 3. The number of carboxylic acid groups (broad SMARTS) is 1. The number of rotatable bonds is 7. The molecule has 1 aromatic carbocycles. The molecular formula is C16H20F3NO3. The Kier molecular flexibility index (Phi) is 6.60. The zero-order valence-electron chi connectivity index (χ0n) is 13.0. The lowest BCUT2D eigenvalue weighted by molar-refractivity contribution is -0.162. The average molecular weight is 331 g/mol. The monoisotopic (exact) mass is 331 g/mol. The number of carbonyl (C=O) groups excluding carboxylic acids is 1. The maximum Gasteiger partial charge on any atom is 0.396 e. The first-order valence-corrected chi connectivity index (χ1v) is 7.29. The fourth-order valence-electron chi connectivity index (χ4n) is 2.26. The van der Waals surface area contributed by atoms with Gasteiger partial charge in [-0.15, -0.1) is 0 Å². The third-order valence-corrected chi connectivity index (χ3v) is 3.72. The number of hydrogen-bond acceptors (Lipinski definition) is 2. The lowest BCUT2D eigenvalue weighted by atomic mass is 9.94. The zero-order chi connectivity index (χ0) is 17.6. The highest BCUT2D eigenvalue weighted by atomic mass is 19.4. The lowest BCUT2D eigenvalue weighted by Crippen LogP contribution is -2.43. The van der Waals surface area contributed by atoms with E-state index >= 15 is 0 Å². The van der Waals surface area contributed by atoms with Crippen LogP contribution in [0.5, 0.6) is 0 Å². The third kappa shape index (κ3) is 5.58. The van der Waals surface area contributed by atoms with Crippen LogP contribution in [0.25, 0.3) is 0 Å². The van der Waals surface area contributed by atoms with E-state index in [9.17, 15) is 22.8 Å². The van der Waals surface area contributed by atoms with E-state index < -0.39 is 43.0 Å². The number of carbonyl (C=O) groups is 2. The number of carboxylic acids is 1. The van der Waals surface area contributed by atoms with Crippen LogP contribution in [0.3, 0.4) is 0 Å². The van der Waals surface area contributed by atoms with E-state index in [1.807, 2.05) is 0 Å². The molecular weight excluding hydrogens is 311 g/mol. The Labute approximate surface area is 132 Å². The molecule has 0 fully saturated rings. The van der Waals surface area contributed by atoms with Crippen LogP contribution in [0, 0.1) is 0 Å². The molecule has 23 heavy (non-hydrogen) atoms. The summed E-state index contributed by atoms with van der Waals surface area (Å²) in [5.74, 6) is -4.01. The SMILES string of the molecule is CCC(C)N(CC(=O)O)C(=O)CC(c1ccccc1)C(F)(F)F. The highest BCUT2D eigenvalue weighted by Gasteiger charge is 2.42. The molecule has 0 heterocycles. The summed E-state index contributed by atoms with van der Waals surface area (Å²) in [7, 11) is 0. The molecule has 1 N–H and O–H groups in total. The van der Waals surface area contributed by atoms with Gasteiger partial charge in [0, 0.05) is 12.5 Å². The summed E-state index contributed by atoms with van der Waals surface area (Å²) in [5, 5.41) is 8.87. The summed E-state index contributed by atoms with van der Waals surface area (Å²) in [6.07, 6.45) is -4.92. The first-order chi connectivity index (χ1) is 10.7. The molecule has 0 spiro atoms. The van der Waals surface area contributed by atoms with Crippen molar-refractivity contribution in [2.75, 3.05) is 6.54 Å². The first kappa shape index (κ1) is 19.0. The van der Waals surface area contributed by atoms with Crippen LogP contribution in [-0.2, 0) is 9.59 Å². The maximum atomic E-state index is 13.3. The minimum Gasteiger partial charge on any atom is -0.480 e. The van der Waals surface area contributed by atoms with Gasteiger partial charge in [-0.2, -0.15) is 13.2 Å². The topological polar surface area (TPSA) is 57.6 Å². The zero-order valence-corrected chi connectivity index (χ0v) is 13.0. The van der Waals surface area contributed by atoms with Crippen molar-refractivity contribution >= 4 is 11.9 Å². The Morgan fingerprint density at radius 1 is 1.22 bits per heavy atom. The number of nitrogens with zero attached hydrogens (tertiary/aromatic N) is 1. The van der Waals surface area contributed by atoms with Crippen LogP contribution in [0.1, 0.15) is 38.2 Å². The number of amides is 1. The number of hydrogen-bond donors (Lipinski definition) is 1. The van der Waals surface area contributed by atoms with E-state index in [4.69, 9.17) is 5.11 Å². The lowest BCUT2D eigenvalue weighted by Gasteiger charge is -2.29. The van der Waals surface area contributed by atoms with Crippen LogP contribution in [-0.4, -0.2) is 40.6 Å². The molecule has 0 aliphatic rings. The molecule has 2 atom stereocenters. The molecule has 0 aromatic heterocycles. The highest BCUT2D eigenvalue weighted by Crippen LogP contribution is 2.37. The van der Waals surface area contributed by atoms with E-state index in [1.165, 1.54) is 24.3 Å². The van der Waals surface area contributed by atoms with Crippen LogP contribution in [0.2, 0.25) is 0 Å². The van der Waals surface area contributed by atoms with E-state index in [0.717, 1.165) is 4.90 Å². The van der Waals surface area contributed by atoms with Gasteiger partial charge in [0.05, 0.1) is 5.92 Å². The molecule has 0 aliphatic carbocycles. The Morgan fingerprint density at radius 3 is 2.22 bits per heavy atom. The molecule has 0 aliphatic heterocycles. The molecule has 2 unspecified atom stereocenters. The molecule has 1 amide bonds. The van der Waals surface area contributed by atoms with Gasteiger partial charge in [-0.3, -0.25) is 9.59 Å². The van der Waals surface area contributed by atoms with Crippen LogP contribution in [0.4, 0.5) is 13.2 Å². The molecule has 0 saturated heterocycles. The van der Waals surface area contributed by atoms with Gasteiger partial charge in [0.2, 0.25) is 5.91 Å². The van der Waals surface area contributed by atoms with Crippen molar-refractivity contribution in [2.45, 2.75) is 44.8 Å². The van der Waals surface area contributed by atoms with Crippen molar-refractivity contribution < 1.29 is 27.9 Å². The van der Waals surface area contributed by atoms with Gasteiger partial charge in [-0.05, 0) is 18.9 Å². The van der Waals surface area contributed by atoms with Crippen molar-refractivity contribution in [3.63, 3.8) is 0 Å². The predicted octanol–water partition coefficient (Wildman–Crippen LogP) is 3.43. The van der Waals surface area contributed by atoms with Crippen molar-refractivity contribution in [2.24, 2.45) is 0 Å². The summed E-state index contributed by atoms with van der Waals surface area (Å²) >= 11 is 0. The van der Waals surface area contributed by atoms with Gasteiger partial charge in [0.25, 0.3) is 0 Å². The third-order valence-electron chi connectivity index (χ3n) is 3.72. The highest BCUT2D eigenvalue weighted by molar-refractivity contribution is 5.82. The van der Waals surface area contributed by atoms with Gasteiger partial charge in [-0.25, -0.2) is 0 Å². The second-order valence-corrected chi connectivity index (χ2v) is 5.38. The second kappa shape index (κ2) is 7.99. The quantitative estimate of drug-likeness (QED) is 0.833. The fourth-order valence-corrected chi connectivity index (χ4v) is 2.26. The average Bonchev–Trinajstić information content (AvgIpc) is 2.48. The first-order valence-electron chi connectivity index (χ1n) is 7.29. The van der Waals surface area contributed by atoms with E-state index in [2.05, 4.69) is 0 Å². The molecule has 4 nitrogen and oxygen atoms in total. The van der Waals surface area contributed by atoms with Crippen LogP contribution in [0.15, 0.2) is 30.3 Å². The van der Waals surface area contributed by atoms with Crippen LogP contribution >= 0.6 is 0 Å². The van der Waals surface area contributed by atoms with Gasteiger partial charge in [0.15, 0.2) is 0 Å². The standard InChI is InChI=1S/C16H20F3NO3/c1-3-11(2)20(10-15(22)23)14(21)9-13(16(17,18)19)12-7-5-4-6-8-12/h4-8,11,13H,3,9-10H2,1-2H3,(H,22,23). The van der Waals surface area contributed by atoms with Gasteiger partial charge < -0.3 is 10.0 Å². The number of aliphatic carboxylic acids is 1. The van der Waals surface area contributed by atoms with Crippen LogP contribution < -0.4 is 0 Å². The minimum atomic E-state index is -4.58. The Balaban J connectivity index is 3.01. The summed E-state index contributed by atoms with van der Waals surface area (Å²) in [4.78, 5) is 24.1. The van der Waals surface area contributed by atoms with Crippen molar-refractivity contribution in [1.29, 1.82) is 0 Å². The van der Waals surface area contributed by atoms with Crippen molar-refractivity contribution in [3.8, 4) is 0 Å². The summed E-state index contributed by atoms with van der Waals surface area (Å²) < 4.78 is 39.9. The second-order valence-electron chi connectivity index (χ2n) is 5.38. The number of benzene rings is 1. The molecule has 0 bridgehead atoms. The smallest absolute Gasteiger partial charge is 0.396 e. The summed E-state index contributed by atoms with van der Waals surface area (Å²) in [6.45, 7) is 2.75. The van der Waals surface area contributed by atoms with Crippen molar-refractivity contribution in [3.05, 3.63) is 35.9 Å². The molecule has 7 heteroatoms. The van der Waals surface area contributed by atoms with Gasteiger partial charge >= 0.3 is 12.1 Å².